The fourth-order valence-corrected chi connectivity index (χ4v) is 2.89. The molecule has 0 saturated carbocycles. The molecule has 0 aliphatic carbocycles. The second kappa shape index (κ2) is 4.22. The lowest BCUT2D eigenvalue weighted by Gasteiger charge is -2.24. The van der Waals surface area contributed by atoms with Crippen LogP contribution in [0.3, 0.4) is 0 Å². The SMILES string of the molecule is Cc1ncnc(N2C[C@@H]3CCCN[C@@H]3C2)c1F. The maximum atomic E-state index is 13.9. The Labute approximate surface area is 100 Å². The first kappa shape index (κ1) is 10.9. The van der Waals surface area contributed by atoms with Gasteiger partial charge in [0.05, 0.1) is 5.69 Å². The fourth-order valence-electron chi connectivity index (χ4n) is 2.89. The third-order valence-electron chi connectivity index (χ3n) is 3.84. The van der Waals surface area contributed by atoms with Crippen molar-refractivity contribution in [1.82, 2.24) is 15.3 Å². The molecule has 2 aliphatic rings. The summed E-state index contributed by atoms with van der Waals surface area (Å²) < 4.78 is 13.9. The van der Waals surface area contributed by atoms with E-state index in [0.29, 0.717) is 23.5 Å². The van der Waals surface area contributed by atoms with Crippen molar-refractivity contribution in [3.63, 3.8) is 0 Å². The molecule has 17 heavy (non-hydrogen) atoms. The number of piperidine rings is 1. The summed E-state index contributed by atoms with van der Waals surface area (Å²) in [6, 6.07) is 0.499. The molecule has 0 amide bonds. The first-order valence-corrected chi connectivity index (χ1v) is 6.21. The van der Waals surface area contributed by atoms with E-state index in [1.54, 1.807) is 6.92 Å². The minimum absolute atomic E-state index is 0.272. The van der Waals surface area contributed by atoms with Gasteiger partial charge in [0.15, 0.2) is 11.6 Å². The van der Waals surface area contributed by atoms with Gasteiger partial charge in [-0.3, -0.25) is 0 Å². The van der Waals surface area contributed by atoms with E-state index >= 15 is 0 Å². The van der Waals surface area contributed by atoms with Crippen LogP contribution in [0, 0.1) is 18.7 Å². The molecule has 0 aromatic carbocycles. The summed E-state index contributed by atoms with van der Waals surface area (Å²) in [6.07, 6.45) is 3.91. The van der Waals surface area contributed by atoms with Crippen LogP contribution in [0.5, 0.6) is 0 Å². The lowest BCUT2D eigenvalue weighted by atomic mass is 9.94. The molecule has 2 saturated heterocycles. The van der Waals surface area contributed by atoms with E-state index in [-0.39, 0.29) is 5.82 Å². The van der Waals surface area contributed by atoms with Gasteiger partial charge in [-0.05, 0) is 32.2 Å². The summed E-state index contributed by atoms with van der Waals surface area (Å²) in [6.45, 7) is 4.53. The molecule has 4 nitrogen and oxygen atoms in total. The van der Waals surface area contributed by atoms with Crippen LogP contribution in [0.1, 0.15) is 18.5 Å². The van der Waals surface area contributed by atoms with Crippen LogP contribution >= 0.6 is 0 Å². The minimum atomic E-state index is -0.272. The van der Waals surface area contributed by atoms with E-state index in [2.05, 4.69) is 20.2 Å². The Morgan fingerprint density at radius 3 is 3.12 bits per heavy atom. The van der Waals surface area contributed by atoms with E-state index < -0.39 is 0 Å². The van der Waals surface area contributed by atoms with Crippen molar-refractivity contribution in [2.24, 2.45) is 5.92 Å². The normalized spacial score (nSPS) is 28.2. The Hall–Kier alpha value is -1.23. The molecule has 2 aliphatic heterocycles. The third-order valence-corrected chi connectivity index (χ3v) is 3.84. The van der Waals surface area contributed by atoms with Crippen LogP contribution in [-0.4, -0.2) is 35.6 Å². The summed E-state index contributed by atoms with van der Waals surface area (Å²) in [7, 11) is 0. The number of anilines is 1. The van der Waals surface area contributed by atoms with E-state index in [0.717, 1.165) is 19.6 Å². The largest absolute Gasteiger partial charge is 0.352 e. The van der Waals surface area contributed by atoms with Gasteiger partial charge in [0.1, 0.15) is 6.33 Å². The van der Waals surface area contributed by atoms with E-state index in [4.69, 9.17) is 0 Å². The maximum absolute atomic E-state index is 13.9. The van der Waals surface area contributed by atoms with Crippen molar-refractivity contribution in [1.29, 1.82) is 0 Å². The van der Waals surface area contributed by atoms with Crippen LogP contribution in [0.4, 0.5) is 10.2 Å². The van der Waals surface area contributed by atoms with Crippen LogP contribution in [0.2, 0.25) is 0 Å². The number of rotatable bonds is 1. The minimum Gasteiger partial charge on any atom is -0.352 e. The quantitative estimate of drug-likeness (QED) is 0.793. The molecule has 1 aromatic rings. The molecule has 0 unspecified atom stereocenters. The molecule has 5 heteroatoms. The molecule has 2 fully saturated rings. The van der Waals surface area contributed by atoms with Crippen molar-refractivity contribution in [2.75, 3.05) is 24.5 Å². The standard InChI is InChI=1S/C12H17FN4/c1-8-11(13)12(16-7-15-8)17-5-9-3-2-4-14-10(9)6-17/h7,9-10,14H,2-6H2,1H3/t9-,10+/m0/s1. The molecule has 3 heterocycles. The van der Waals surface area contributed by atoms with Crippen molar-refractivity contribution in [3.05, 3.63) is 17.8 Å². The second-order valence-electron chi connectivity index (χ2n) is 4.96. The number of aromatic nitrogens is 2. The van der Waals surface area contributed by atoms with Crippen LogP contribution < -0.4 is 10.2 Å². The van der Waals surface area contributed by atoms with Gasteiger partial charge in [0.25, 0.3) is 0 Å². The third kappa shape index (κ3) is 1.88. The van der Waals surface area contributed by atoms with E-state index in [1.807, 2.05) is 0 Å². The zero-order chi connectivity index (χ0) is 11.8. The van der Waals surface area contributed by atoms with Gasteiger partial charge >= 0.3 is 0 Å². The highest BCUT2D eigenvalue weighted by atomic mass is 19.1. The van der Waals surface area contributed by atoms with Crippen molar-refractivity contribution < 1.29 is 4.39 Å². The molecule has 1 N–H and O–H groups in total. The zero-order valence-corrected chi connectivity index (χ0v) is 9.99. The number of halogens is 1. The zero-order valence-electron chi connectivity index (χ0n) is 9.99. The molecule has 0 radical (unpaired) electrons. The summed E-state index contributed by atoms with van der Waals surface area (Å²) >= 11 is 0. The van der Waals surface area contributed by atoms with Crippen molar-refractivity contribution in [3.8, 4) is 0 Å². The smallest absolute Gasteiger partial charge is 0.186 e. The first-order chi connectivity index (χ1) is 8.25. The Morgan fingerprint density at radius 2 is 2.29 bits per heavy atom. The van der Waals surface area contributed by atoms with Gasteiger partial charge < -0.3 is 10.2 Å². The molecule has 3 rings (SSSR count). The first-order valence-electron chi connectivity index (χ1n) is 6.21. The Bertz CT molecular complexity index is 409. The predicted octanol–water partition coefficient (Wildman–Crippen LogP) is 1.11. The molecule has 92 valence electrons. The number of hydrogen-bond acceptors (Lipinski definition) is 4. The lowest BCUT2D eigenvalue weighted by Crippen LogP contribution is -2.40. The van der Waals surface area contributed by atoms with Gasteiger partial charge in [-0.2, -0.15) is 0 Å². The Kier molecular flexibility index (Phi) is 2.70. The average Bonchev–Trinajstić information content (AvgIpc) is 2.76. The van der Waals surface area contributed by atoms with E-state index in [1.165, 1.54) is 19.2 Å². The molecule has 2 atom stereocenters. The molecular weight excluding hydrogens is 219 g/mol. The number of fused-ring (bicyclic) bond motifs is 1. The van der Waals surface area contributed by atoms with Gasteiger partial charge in [0, 0.05) is 19.1 Å². The highest BCUT2D eigenvalue weighted by Gasteiger charge is 2.35. The van der Waals surface area contributed by atoms with Gasteiger partial charge in [-0.1, -0.05) is 0 Å². The van der Waals surface area contributed by atoms with Crippen LogP contribution in [0.25, 0.3) is 0 Å². The van der Waals surface area contributed by atoms with Gasteiger partial charge in [0.2, 0.25) is 0 Å². The molecule has 1 aromatic heterocycles. The van der Waals surface area contributed by atoms with Crippen LogP contribution in [-0.2, 0) is 0 Å². The van der Waals surface area contributed by atoms with Gasteiger partial charge in [-0.15, -0.1) is 0 Å². The molecular formula is C12H17FN4. The highest BCUT2D eigenvalue weighted by Crippen LogP contribution is 2.29. The van der Waals surface area contributed by atoms with E-state index in [9.17, 15) is 4.39 Å². The highest BCUT2D eigenvalue weighted by molar-refractivity contribution is 5.42. The van der Waals surface area contributed by atoms with Crippen molar-refractivity contribution in [2.45, 2.75) is 25.8 Å². The Balaban J connectivity index is 1.83. The maximum Gasteiger partial charge on any atom is 0.186 e. The number of nitrogens with one attached hydrogen (secondary N) is 1. The lowest BCUT2D eigenvalue weighted by molar-refractivity contribution is 0.340. The molecule has 0 bridgehead atoms. The summed E-state index contributed by atoms with van der Waals surface area (Å²) in [4.78, 5) is 10.0. The monoisotopic (exact) mass is 236 g/mol. The second-order valence-corrected chi connectivity index (χ2v) is 4.96. The fraction of sp³-hybridized carbons (Fsp3) is 0.667. The molecule has 0 spiro atoms. The van der Waals surface area contributed by atoms with Crippen molar-refractivity contribution >= 4 is 5.82 Å². The summed E-state index contributed by atoms with van der Waals surface area (Å²) in [5, 5.41) is 3.51. The van der Waals surface area contributed by atoms with Gasteiger partial charge in [-0.25, -0.2) is 14.4 Å². The average molecular weight is 236 g/mol. The number of nitrogens with zero attached hydrogens (tertiary/aromatic N) is 3. The number of hydrogen-bond donors (Lipinski definition) is 1. The topological polar surface area (TPSA) is 41.1 Å². The predicted molar refractivity (Wildman–Crippen MR) is 63.5 cm³/mol. The number of aryl methyl sites for hydroxylation is 1. The summed E-state index contributed by atoms with van der Waals surface area (Å²) in [5.41, 5.74) is 0.429. The summed E-state index contributed by atoms with van der Waals surface area (Å²) in [5.74, 6) is 0.832. The van der Waals surface area contributed by atoms with Crippen LogP contribution in [0.15, 0.2) is 6.33 Å². The Morgan fingerprint density at radius 1 is 1.41 bits per heavy atom.